The van der Waals surface area contributed by atoms with Crippen LogP contribution in [0.2, 0.25) is 0 Å². The number of alkyl halides is 2. The molecule has 264 valence electrons. The molecule has 0 radical (unpaired) electrons. The Morgan fingerprint density at radius 1 is 0.837 bits per heavy atom. The molecule has 0 bridgehead atoms. The van der Waals surface area contributed by atoms with Crippen molar-refractivity contribution in [1.82, 2.24) is 10.2 Å². The maximum absolute atomic E-state index is 13.6. The molecule has 3 aromatic rings. The zero-order chi connectivity index (χ0) is 35.2. The van der Waals surface area contributed by atoms with E-state index in [2.05, 4.69) is 58.7 Å². The van der Waals surface area contributed by atoms with Crippen LogP contribution in [-0.2, 0) is 19.7 Å². The van der Waals surface area contributed by atoms with E-state index in [0.29, 0.717) is 13.2 Å². The minimum atomic E-state index is -3.17. The van der Waals surface area contributed by atoms with E-state index in [1.807, 2.05) is 12.1 Å². The van der Waals surface area contributed by atoms with Gasteiger partial charge in [-0.2, -0.15) is 8.78 Å². The average Bonchev–Trinajstić information content (AvgIpc) is 3.10. The quantitative estimate of drug-likeness (QED) is 0.160. The van der Waals surface area contributed by atoms with Crippen LogP contribution in [0.1, 0.15) is 69.1 Å². The minimum absolute atomic E-state index is 0.0307. The van der Waals surface area contributed by atoms with Crippen molar-refractivity contribution < 1.29 is 38.1 Å². The molecular weight excluding hydrogens is 630 g/mol. The molecule has 2 heterocycles. The molecule has 2 fully saturated rings. The van der Waals surface area contributed by atoms with Crippen molar-refractivity contribution in [2.75, 3.05) is 32.8 Å². The fourth-order valence-electron chi connectivity index (χ4n) is 8.81. The first-order chi connectivity index (χ1) is 23.5. The van der Waals surface area contributed by atoms with E-state index in [4.69, 9.17) is 9.47 Å². The molecule has 5 rings (SSSR count). The molecule has 49 heavy (non-hydrogen) atoms. The molecule has 10 heteroatoms. The molecule has 2 aliphatic rings. The monoisotopic (exact) mass is 678 g/mol. The Morgan fingerprint density at radius 3 is 1.90 bits per heavy atom. The number of halogens is 2. The summed E-state index contributed by atoms with van der Waals surface area (Å²) in [4.78, 5) is 29.0. The number of nitrogens with one attached hydrogen (secondary N) is 1. The highest BCUT2D eigenvalue weighted by atomic mass is 19.3. The fraction of sp³-hybridized carbons (Fsp3) is 0.487. The van der Waals surface area contributed by atoms with Gasteiger partial charge in [0, 0.05) is 36.6 Å². The number of carboxylic acids is 2. The van der Waals surface area contributed by atoms with Gasteiger partial charge in [-0.1, -0.05) is 85.8 Å². The summed E-state index contributed by atoms with van der Waals surface area (Å²) in [5.41, 5.74) is -0.670. The number of aliphatic carboxylic acids is 2. The second kappa shape index (κ2) is 15.4. The van der Waals surface area contributed by atoms with Gasteiger partial charge in [0.05, 0.1) is 17.4 Å². The third kappa shape index (κ3) is 6.83. The van der Waals surface area contributed by atoms with Gasteiger partial charge < -0.3 is 29.9 Å². The van der Waals surface area contributed by atoms with E-state index in [9.17, 15) is 28.6 Å². The summed E-state index contributed by atoms with van der Waals surface area (Å²) in [5, 5.41) is 25.0. The summed E-state index contributed by atoms with van der Waals surface area (Å²) in [7, 11) is 0. The third-order valence-corrected chi connectivity index (χ3v) is 11.5. The van der Waals surface area contributed by atoms with E-state index in [1.165, 1.54) is 29.3 Å². The van der Waals surface area contributed by atoms with Crippen LogP contribution in [0.15, 0.2) is 84.9 Å². The topological polar surface area (TPSA) is 108 Å². The molecular formula is C39H48F2N2O6. The molecule has 0 saturated carbocycles. The number of rotatable bonds is 14. The lowest BCUT2D eigenvalue weighted by molar-refractivity contribution is -0.175. The minimum Gasteiger partial charge on any atom is -0.481 e. The number of hydrogen-bond donors (Lipinski definition) is 3. The zero-order valence-electron chi connectivity index (χ0n) is 28.5. The Balaban J connectivity index is 1.33. The molecule has 0 aromatic heterocycles. The lowest BCUT2D eigenvalue weighted by Crippen LogP contribution is -2.69. The van der Waals surface area contributed by atoms with Gasteiger partial charge >= 0.3 is 18.6 Å². The van der Waals surface area contributed by atoms with Gasteiger partial charge in [0.2, 0.25) is 0 Å². The number of piperidine rings is 2. The van der Waals surface area contributed by atoms with Gasteiger partial charge in [0.25, 0.3) is 0 Å². The Bertz CT molecular complexity index is 1510. The molecule has 0 aliphatic carbocycles. The Morgan fingerprint density at radius 2 is 1.37 bits per heavy atom. The standard InChI is InChI=1S/C39H48F2N2O6/c1-4-38(34(44)45)27(2)42-28(3)39(35(46)47,33(38)31-17-11-12-18-32(31)49-36(40)41)21-25-48-26-24-43-22-19-37(20-23-43,29-13-7-5-8-14-29)30-15-9-6-10-16-30/h5-18,27-28,33,36,42H,4,19-26H2,1-3H3,(H,44,45)(H,46,47). The average molecular weight is 679 g/mol. The van der Waals surface area contributed by atoms with Crippen LogP contribution in [0.4, 0.5) is 8.78 Å². The summed E-state index contributed by atoms with van der Waals surface area (Å²) in [6, 6.07) is 25.8. The highest BCUT2D eigenvalue weighted by Crippen LogP contribution is 2.60. The van der Waals surface area contributed by atoms with Crippen LogP contribution in [0.5, 0.6) is 5.75 Å². The molecule has 2 saturated heterocycles. The number of carbonyl (C=O) groups is 2. The van der Waals surface area contributed by atoms with Crippen LogP contribution in [0.3, 0.4) is 0 Å². The van der Waals surface area contributed by atoms with Crippen LogP contribution in [-0.4, -0.2) is 78.6 Å². The van der Waals surface area contributed by atoms with E-state index in [0.717, 1.165) is 25.9 Å². The van der Waals surface area contributed by atoms with E-state index in [-0.39, 0.29) is 36.2 Å². The molecule has 3 N–H and O–H groups in total. The summed E-state index contributed by atoms with van der Waals surface area (Å²) < 4.78 is 38.1. The van der Waals surface area contributed by atoms with Gasteiger partial charge in [-0.3, -0.25) is 9.59 Å². The number of carboxylic acid groups (broad SMARTS) is 2. The number of ether oxygens (including phenoxy) is 2. The van der Waals surface area contributed by atoms with Crippen molar-refractivity contribution in [3.63, 3.8) is 0 Å². The van der Waals surface area contributed by atoms with Crippen molar-refractivity contribution >= 4 is 11.9 Å². The molecule has 2 aliphatic heterocycles. The number of para-hydroxylation sites is 1. The van der Waals surface area contributed by atoms with Gasteiger partial charge in [0.1, 0.15) is 5.75 Å². The number of likely N-dealkylation sites (tertiary alicyclic amines) is 1. The number of nitrogens with zero attached hydrogens (tertiary/aromatic N) is 1. The molecule has 8 nitrogen and oxygen atoms in total. The molecule has 3 aromatic carbocycles. The summed E-state index contributed by atoms with van der Waals surface area (Å²) >= 11 is 0. The smallest absolute Gasteiger partial charge is 0.387 e. The highest BCUT2D eigenvalue weighted by Gasteiger charge is 2.66. The predicted molar refractivity (Wildman–Crippen MR) is 183 cm³/mol. The van der Waals surface area contributed by atoms with Gasteiger partial charge in [-0.15, -0.1) is 0 Å². The predicted octanol–water partition coefficient (Wildman–Crippen LogP) is 6.79. The Labute approximate surface area is 287 Å². The lowest BCUT2D eigenvalue weighted by Gasteiger charge is -2.57. The second-order valence-electron chi connectivity index (χ2n) is 13.5. The van der Waals surface area contributed by atoms with Gasteiger partial charge in [0.15, 0.2) is 0 Å². The first kappa shape index (κ1) is 36.4. The fourth-order valence-corrected chi connectivity index (χ4v) is 8.81. The second-order valence-corrected chi connectivity index (χ2v) is 13.5. The maximum Gasteiger partial charge on any atom is 0.387 e. The van der Waals surface area contributed by atoms with E-state index < -0.39 is 47.4 Å². The number of benzene rings is 3. The van der Waals surface area contributed by atoms with E-state index >= 15 is 0 Å². The summed E-state index contributed by atoms with van der Waals surface area (Å²) in [6.45, 7) is 4.76. The van der Waals surface area contributed by atoms with Gasteiger partial charge in [-0.25, -0.2) is 0 Å². The normalized spacial score (nSPS) is 27.1. The SMILES string of the molecule is CCC1(C(=O)O)C(C)NC(C)C(CCOCCN2CCC(c3ccccc3)(c3ccccc3)CC2)(C(=O)O)C1c1ccccc1OC(F)F. The summed E-state index contributed by atoms with van der Waals surface area (Å²) in [6.07, 6.45) is 1.92. The molecule has 0 spiro atoms. The van der Waals surface area contributed by atoms with Crippen molar-refractivity contribution in [3.05, 3.63) is 102 Å². The molecule has 5 atom stereocenters. The van der Waals surface area contributed by atoms with Crippen molar-refractivity contribution in [2.45, 2.75) is 76.5 Å². The van der Waals surface area contributed by atoms with Crippen LogP contribution >= 0.6 is 0 Å². The lowest BCUT2D eigenvalue weighted by atomic mass is 9.50. The van der Waals surface area contributed by atoms with Crippen molar-refractivity contribution in [1.29, 1.82) is 0 Å². The highest BCUT2D eigenvalue weighted by molar-refractivity contribution is 5.84. The van der Waals surface area contributed by atoms with Crippen LogP contribution in [0, 0.1) is 10.8 Å². The summed E-state index contributed by atoms with van der Waals surface area (Å²) in [5.74, 6) is -3.83. The van der Waals surface area contributed by atoms with E-state index in [1.54, 1.807) is 26.8 Å². The van der Waals surface area contributed by atoms with Gasteiger partial charge in [-0.05, 0) is 75.4 Å². The van der Waals surface area contributed by atoms with Crippen LogP contribution < -0.4 is 10.1 Å². The van der Waals surface area contributed by atoms with Crippen molar-refractivity contribution in [2.24, 2.45) is 10.8 Å². The third-order valence-electron chi connectivity index (χ3n) is 11.5. The molecule has 0 amide bonds. The maximum atomic E-state index is 13.6. The van der Waals surface area contributed by atoms with Crippen LogP contribution in [0.25, 0.3) is 0 Å². The molecule has 5 unspecified atom stereocenters. The first-order valence-electron chi connectivity index (χ1n) is 17.2. The number of hydrogen-bond acceptors (Lipinski definition) is 6. The Hall–Kier alpha value is -3.86. The largest absolute Gasteiger partial charge is 0.481 e. The zero-order valence-corrected chi connectivity index (χ0v) is 28.5. The Kier molecular flexibility index (Phi) is 11.4. The van der Waals surface area contributed by atoms with Crippen molar-refractivity contribution in [3.8, 4) is 5.75 Å². The first-order valence-corrected chi connectivity index (χ1v) is 17.2.